The molecule has 0 fully saturated rings. The van der Waals surface area contributed by atoms with Crippen molar-refractivity contribution in [2.24, 2.45) is 5.73 Å². The molecule has 1 aromatic rings. The number of rotatable bonds is 2. The summed E-state index contributed by atoms with van der Waals surface area (Å²) in [5, 5.41) is 0. The van der Waals surface area contributed by atoms with Crippen LogP contribution < -0.4 is 10.5 Å². The zero-order valence-electron chi connectivity index (χ0n) is 9.99. The predicted molar refractivity (Wildman–Crippen MR) is 55.6 cm³/mol. The van der Waals surface area contributed by atoms with Crippen molar-refractivity contribution < 1.29 is 31.1 Å². The Hall–Kier alpha value is -1.44. The minimum atomic E-state index is -4.95. The van der Waals surface area contributed by atoms with E-state index in [1.807, 2.05) is 0 Å². The van der Waals surface area contributed by atoms with Gasteiger partial charge in [-0.1, -0.05) is 0 Å². The molecule has 1 aromatic carbocycles. The van der Waals surface area contributed by atoms with E-state index < -0.39 is 40.8 Å². The molecule has 8 heteroatoms. The fourth-order valence-corrected chi connectivity index (χ4v) is 1.66. The molecular formula is C11H11F6NO. The summed E-state index contributed by atoms with van der Waals surface area (Å²) >= 11 is 0. The van der Waals surface area contributed by atoms with Gasteiger partial charge in [0, 0.05) is 11.6 Å². The van der Waals surface area contributed by atoms with Crippen LogP contribution in [0.1, 0.15) is 29.7 Å². The smallest absolute Gasteiger partial charge is 0.416 e. The quantitative estimate of drug-likeness (QED) is 0.841. The number of benzene rings is 1. The molecule has 0 heterocycles. The van der Waals surface area contributed by atoms with Gasteiger partial charge in [-0.25, -0.2) is 0 Å². The Balaban J connectivity index is 3.65. The molecular weight excluding hydrogens is 276 g/mol. The predicted octanol–water partition coefficient (Wildman–Crippen LogP) is 3.75. The highest BCUT2D eigenvalue weighted by atomic mass is 19.4. The molecule has 0 aromatic heterocycles. The normalized spacial score (nSPS) is 14.4. The van der Waals surface area contributed by atoms with Gasteiger partial charge in [-0.05, 0) is 19.1 Å². The SMILES string of the molecule is COc1cc(C(F)(F)F)cc(C(F)(F)F)c1[C@@H](C)N. The number of halogens is 6. The molecule has 0 aliphatic carbocycles. The highest BCUT2D eigenvalue weighted by Gasteiger charge is 2.40. The maximum absolute atomic E-state index is 12.8. The van der Waals surface area contributed by atoms with Crippen LogP contribution in [0.4, 0.5) is 26.3 Å². The highest BCUT2D eigenvalue weighted by molar-refractivity contribution is 5.47. The summed E-state index contributed by atoms with van der Waals surface area (Å²) in [5.41, 5.74) is 2.02. The third-order valence-corrected chi connectivity index (χ3v) is 2.45. The van der Waals surface area contributed by atoms with E-state index in [4.69, 9.17) is 5.73 Å². The van der Waals surface area contributed by atoms with Crippen molar-refractivity contribution >= 4 is 0 Å². The van der Waals surface area contributed by atoms with E-state index >= 15 is 0 Å². The third-order valence-electron chi connectivity index (χ3n) is 2.45. The summed E-state index contributed by atoms with van der Waals surface area (Å²) in [6.07, 6.45) is -9.85. The molecule has 0 amide bonds. The molecule has 108 valence electrons. The van der Waals surface area contributed by atoms with E-state index in [1.54, 1.807) is 0 Å². The first kappa shape index (κ1) is 15.6. The molecule has 1 atom stereocenters. The van der Waals surface area contributed by atoms with Crippen LogP contribution >= 0.6 is 0 Å². The zero-order valence-corrected chi connectivity index (χ0v) is 9.99. The Morgan fingerprint density at radius 1 is 1.05 bits per heavy atom. The molecule has 0 aliphatic heterocycles. The van der Waals surface area contributed by atoms with Crippen LogP contribution in [0.25, 0.3) is 0 Å². The minimum absolute atomic E-state index is 0.0429. The van der Waals surface area contributed by atoms with Crippen molar-refractivity contribution in [2.75, 3.05) is 7.11 Å². The lowest BCUT2D eigenvalue weighted by Gasteiger charge is -2.21. The van der Waals surface area contributed by atoms with Crippen LogP contribution in [0.5, 0.6) is 5.75 Å². The van der Waals surface area contributed by atoms with Crippen LogP contribution in [0.3, 0.4) is 0 Å². The third kappa shape index (κ3) is 3.31. The molecule has 19 heavy (non-hydrogen) atoms. The zero-order chi connectivity index (χ0) is 15.0. The molecule has 0 bridgehead atoms. The van der Waals surface area contributed by atoms with Gasteiger partial charge in [0.1, 0.15) is 5.75 Å². The lowest BCUT2D eigenvalue weighted by Crippen LogP contribution is -2.19. The summed E-state index contributed by atoms with van der Waals surface area (Å²) in [5.74, 6) is -0.530. The van der Waals surface area contributed by atoms with E-state index in [2.05, 4.69) is 4.74 Å². The van der Waals surface area contributed by atoms with Gasteiger partial charge in [-0.15, -0.1) is 0 Å². The molecule has 0 radical (unpaired) electrons. The van der Waals surface area contributed by atoms with Crippen LogP contribution in [0.2, 0.25) is 0 Å². The molecule has 0 unspecified atom stereocenters. The lowest BCUT2D eigenvalue weighted by atomic mass is 9.97. The first-order chi connectivity index (χ1) is 8.48. The second kappa shape index (κ2) is 4.92. The Labute approximate surface area is 105 Å². The number of nitrogens with two attached hydrogens (primary N) is 1. The maximum atomic E-state index is 12.8. The van der Waals surface area contributed by atoms with Gasteiger partial charge in [0.2, 0.25) is 0 Å². The highest BCUT2D eigenvalue weighted by Crippen LogP contribution is 2.43. The number of hydrogen-bond donors (Lipinski definition) is 1. The largest absolute Gasteiger partial charge is 0.496 e. The molecule has 0 aliphatic rings. The molecule has 0 saturated carbocycles. The van der Waals surface area contributed by atoms with Gasteiger partial charge in [-0.3, -0.25) is 0 Å². The standard InChI is InChI=1S/C11H11F6NO/c1-5(18)9-7(11(15,16)17)3-6(10(12,13)14)4-8(9)19-2/h3-5H,18H2,1-2H3/t5-/m1/s1. The van der Waals surface area contributed by atoms with Crippen LogP contribution in [0.15, 0.2) is 12.1 Å². The van der Waals surface area contributed by atoms with E-state index in [0.717, 1.165) is 7.11 Å². The second-order valence-corrected chi connectivity index (χ2v) is 3.92. The average molecular weight is 287 g/mol. The molecule has 0 saturated heterocycles. The van der Waals surface area contributed by atoms with Gasteiger partial charge in [0.15, 0.2) is 0 Å². The Morgan fingerprint density at radius 3 is 1.89 bits per heavy atom. The first-order valence-corrected chi connectivity index (χ1v) is 5.10. The van der Waals surface area contributed by atoms with Gasteiger partial charge in [-0.2, -0.15) is 26.3 Å². The van der Waals surface area contributed by atoms with Crippen molar-refractivity contribution in [3.05, 3.63) is 28.8 Å². The topological polar surface area (TPSA) is 35.2 Å². The second-order valence-electron chi connectivity index (χ2n) is 3.92. The van der Waals surface area contributed by atoms with Crippen molar-refractivity contribution in [1.29, 1.82) is 0 Å². The minimum Gasteiger partial charge on any atom is -0.496 e. The van der Waals surface area contributed by atoms with Crippen molar-refractivity contribution in [1.82, 2.24) is 0 Å². The fourth-order valence-electron chi connectivity index (χ4n) is 1.66. The average Bonchev–Trinajstić information content (AvgIpc) is 2.24. The van der Waals surface area contributed by atoms with Crippen molar-refractivity contribution in [3.8, 4) is 5.75 Å². The summed E-state index contributed by atoms with van der Waals surface area (Å²) in [7, 11) is 0.988. The summed E-state index contributed by atoms with van der Waals surface area (Å²) in [6, 6.07) is -0.566. The number of methoxy groups -OCH3 is 1. The number of alkyl halides is 6. The molecule has 2 nitrogen and oxygen atoms in total. The summed E-state index contributed by atoms with van der Waals surface area (Å²) in [4.78, 5) is 0. The fraction of sp³-hybridized carbons (Fsp3) is 0.455. The van der Waals surface area contributed by atoms with E-state index in [9.17, 15) is 26.3 Å². The Morgan fingerprint density at radius 2 is 1.58 bits per heavy atom. The van der Waals surface area contributed by atoms with Crippen LogP contribution in [-0.4, -0.2) is 7.11 Å². The summed E-state index contributed by atoms with van der Waals surface area (Å²) in [6.45, 7) is 1.24. The molecule has 1 rings (SSSR count). The Kier molecular flexibility index (Phi) is 4.04. The first-order valence-electron chi connectivity index (χ1n) is 5.10. The summed E-state index contributed by atoms with van der Waals surface area (Å²) < 4.78 is 80.7. The van der Waals surface area contributed by atoms with Crippen molar-refractivity contribution in [2.45, 2.75) is 25.3 Å². The number of ether oxygens (including phenoxy) is 1. The van der Waals surface area contributed by atoms with Gasteiger partial charge >= 0.3 is 12.4 Å². The van der Waals surface area contributed by atoms with E-state index in [0.29, 0.717) is 6.07 Å². The monoisotopic (exact) mass is 287 g/mol. The van der Waals surface area contributed by atoms with Gasteiger partial charge in [0.05, 0.1) is 18.2 Å². The number of hydrogen-bond acceptors (Lipinski definition) is 2. The lowest BCUT2D eigenvalue weighted by molar-refractivity contribution is -0.143. The van der Waals surface area contributed by atoms with Gasteiger partial charge < -0.3 is 10.5 Å². The molecule has 0 spiro atoms. The van der Waals surface area contributed by atoms with Gasteiger partial charge in [0.25, 0.3) is 0 Å². The maximum Gasteiger partial charge on any atom is 0.416 e. The van der Waals surface area contributed by atoms with Crippen LogP contribution in [0, 0.1) is 0 Å². The van der Waals surface area contributed by atoms with E-state index in [-0.39, 0.29) is 6.07 Å². The Bertz CT molecular complexity index is 463. The van der Waals surface area contributed by atoms with Crippen LogP contribution in [-0.2, 0) is 12.4 Å². The van der Waals surface area contributed by atoms with E-state index in [1.165, 1.54) is 6.92 Å². The van der Waals surface area contributed by atoms with Crippen molar-refractivity contribution in [3.63, 3.8) is 0 Å². The molecule has 2 N–H and O–H groups in total.